The van der Waals surface area contributed by atoms with E-state index in [0.717, 1.165) is 5.39 Å². The summed E-state index contributed by atoms with van der Waals surface area (Å²) >= 11 is 0. The van der Waals surface area contributed by atoms with E-state index in [1.807, 2.05) is 39.8 Å². The molecule has 19 heavy (non-hydrogen) atoms. The summed E-state index contributed by atoms with van der Waals surface area (Å²) in [4.78, 5) is 16.6. The van der Waals surface area contributed by atoms with Crippen LogP contribution in [0, 0.1) is 6.92 Å². The zero-order valence-corrected chi connectivity index (χ0v) is 11.7. The number of pyridine rings is 1. The predicted octanol–water partition coefficient (Wildman–Crippen LogP) is 3.08. The molecular weight excluding hydrogens is 240 g/mol. The van der Waals surface area contributed by atoms with Crippen molar-refractivity contribution < 1.29 is 9.53 Å². The minimum absolute atomic E-state index is 0.366. The number of hydrogen-bond donors (Lipinski definition) is 1. The van der Waals surface area contributed by atoms with Crippen LogP contribution in [0.5, 0.6) is 0 Å². The zero-order chi connectivity index (χ0) is 14.2. The highest BCUT2D eigenvalue weighted by Gasteiger charge is 2.20. The molecule has 0 aliphatic carbocycles. The molecule has 2 rings (SSSR count). The lowest BCUT2D eigenvalue weighted by Crippen LogP contribution is -2.24. The molecule has 2 aromatic rings. The molecule has 1 aromatic heterocycles. The lowest BCUT2D eigenvalue weighted by atomic mass is 10.1. The van der Waals surface area contributed by atoms with E-state index in [-0.39, 0.29) is 5.97 Å². The average Bonchev–Trinajstić information content (AvgIpc) is 2.27. The number of hydrogen-bond acceptors (Lipinski definition) is 4. The van der Waals surface area contributed by atoms with Crippen LogP contribution in [-0.4, -0.2) is 16.6 Å². The van der Waals surface area contributed by atoms with Crippen LogP contribution >= 0.6 is 0 Å². The van der Waals surface area contributed by atoms with E-state index < -0.39 is 5.60 Å². The second-order valence-electron chi connectivity index (χ2n) is 5.54. The number of esters is 1. The fourth-order valence-electron chi connectivity index (χ4n) is 1.80. The quantitative estimate of drug-likeness (QED) is 0.798. The minimum Gasteiger partial charge on any atom is -0.456 e. The van der Waals surface area contributed by atoms with Gasteiger partial charge in [0.25, 0.3) is 0 Å². The SMILES string of the molecule is Cc1nc2c(C(=O)OC(C)(C)C)cccc2cc1N. The molecule has 4 nitrogen and oxygen atoms in total. The van der Waals surface area contributed by atoms with Gasteiger partial charge < -0.3 is 10.5 Å². The van der Waals surface area contributed by atoms with Crippen molar-refractivity contribution in [1.29, 1.82) is 0 Å². The van der Waals surface area contributed by atoms with Crippen LogP contribution in [0.3, 0.4) is 0 Å². The normalized spacial score (nSPS) is 11.6. The Bertz CT molecular complexity index is 642. The topological polar surface area (TPSA) is 65.2 Å². The summed E-state index contributed by atoms with van der Waals surface area (Å²) in [7, 11) is 0. The second-order valence-corrected chi connectivity index (χ2v) is 5.54. The van der Waals surface area contributed by atoms with Crippen molar-refractivity contribution in [2.75, 3.05) is 5.73 Å². The molecule has 0 atom stereocenters. The van der Waals surface area contributed by atoms with E-state index in [4.69, 9.17) is 10.5 Å². The Kier molecular flexibility index (Phi) is 3.18. The van der Waals surface area contributed by atoms with Gasteiger partial charge in [-0.3, -0.25) is 4.98 Å². The van der Waals surface area contributed by atoms with Gasteiger partial charge in [0.1, 0.15) is 5.60 Å². The minimum atomic E-state index is -0.526. The molecule has 1 heterocycles. The van der Waals surface area contributed by atoms with Crippen molar-refractivity contribution >= 4 is 22.6 Å². The van der Waals surface area contributed by atoms with Crippen LogP contribution in [0.1, 0.15) is 36.8 Å². The molecule has 0 aliphatic rings. The molecule has 1 aromatic carbocycles. The zero-order valence-electron chi connectivity index (χ0n) is 11.7. The maximum Gasteiger partial charge on any atom is 0.340 e. The van der Waals surface area contributed by atoms with E-state index in [2.05, 4.69) is 4.98 Å². The summed E-state index contributed by atoms with van der Waals surface area (Å²) in [5.74, 6) is -0.366. The van der Waals surface area contributed by atoms with E-state index in [9.17, 15) is 4.79 Å². The third kappa shape index (κ3) is 2.84. The first-order valence-corrected chi connectivity index (χ1v) is 6.17. The smallest absolute Gasteiger partial charge is 0.340 e. The Morgan fingerprint density at radius 2 is 2.00 bits per heavy atom. The molecule has 100 valence electrons. The van der Waals surface area contributed by atoms with Gasteiger partial charge in [0, 0.05) is 5.39 Å². The number of benzene rings is 1. The van der Waals surface area contributed by atoms with Gasteiger partial charge in [-0.05, 0) is 39.8 Å². The Morgan fingerprint density at radius 1 is 1.32 bits per heavy atom. The van der Waals surface area contributed by atoms with Gasteiger partial charge in [0.05, 0.1) is 22.5 Å². The molecule has 0 saturated carbocycles. The molecule has 0 aliphatic heterocycles. The Morgan fingerprint density at radius 3 is 2.63 bits per heavy atom. The Balaban J connectivity index is 2.55. The highest BCUT2D eigenvalue weighted by atomic mass is 16.6. The summed E-state index contributed by atoms with van der Waals surface area (Å²) < 4.78 is 5.39. The summed E-state index contributed by atoms with van der Waals surface area (Å²) in [5, 5.41) is 0.839. The number of anilines is 1. The number of nitrogens with zero attached hydrogens (tertiary/aromatic N) is 1. The fraction of sp³-hybridized carbons (Fsp3) is 0.333. The van der Waals surface area contributed by atoms with Crippen LogP contribution in [0.2, 0.25) is 0 Å². The monoisotopic (exact) mass is 258 g/mol. The van der Waals surface area contributed by atoms with Crippen molar-refractivity contribution in [1.82, 2.24) is 4.98 Å². The third-order valence-electron chi connectivity index (χ3n) is 2.69. The van der Waals surface area contributed by atoms with Crippen molar-refractivity contribution in [2.45, 2.75) is 33.3 Å². The highest BCUT2D eigenvalue weighted by Crippen LogP contribution is 2.23. The molecule has 0 saturated heterocycles. The fourth-order valence-corrected chi connectivity index (χ4v) is 1.80. The average molecular weight is 258 g/mol. The summed E-state index contributed by atoms with van der Waals surface area (Å²) in [6, 6.07) is 7.23. The lowest BCUT2D eigenvalue weighted by molar-refractivity contribution is 0.00716. The molecule has 0 unspecified atom stereocenters. The number of fused-ring (bicyclic) bond motifs is 1. The second kappa shape index (κ2) is 4.53. The van der Waals surface area contributed by atoms with Gasteiger partial charge in [0.2, 0.25) is 0 Å². The maximum absolute atomic E-state index is 12.2. The molecule has 0 amide bonds. The first kappa shape index (κ1) is 13.3. The number of carbonyl (C=O) groups excluding carboxylic acids is 1. The number of nitrogens with two attached hydrogens (primary N) is 1. The number of aromatic nitrogens is 1. The molecule has 0 bridgehead atoms. The summed E-state index contributed by atoms with van der Waals surface area (Å²) in [6.07, 6.45) is 0. The first-order valence-electron chi connectivity index (χ1n) is 6.17. The highest BCUT2D eigenvalue weighted by molar-refractivity contribution is 6.03. The maximum atomic E-state index is 12.2. The van der Waals surface area contributed by atoms with Gasteiger partial charge >= 0.3 is 5.97 Å². The van der Waals surface area contributed by atoms with Gasteiger partial charge in [-0.25, -0.2) is 4.79 Å². The van der Waals surface area contributed by atoms with E-state index >= 15 is 0 Å². The van der Waals surface area contributed by atoms with Crippen LogP contribution in [-0.2, 0) is 4.74 Å². The van der Waals surface area contributed by atoms with E-state index in [0.29, 0.717) is 22.5 Å². The van der Waals surface area contributed by atoms with Crippen LogP contribution in [0.15, 0.2) is 24.3 Å². The van der Waals surface area contributed by atoms with Crippen molar-refractivity contribution in [2.24, 2.45) is 0 Å². The van der Waals surface area contributed by atoms with E-state index in [1.54, 1.807) is 12.1 Å². The van der Waals surface area contributed by atoms with Gasteiger partial charge in [-0.2, -0.15) is 0 Å². The number of rotatable bonds is 1. The number of para-hydroxylation sites is 1. The number of carbonyl (C=O) groups is 1. The Labute approximate surface area is 112 Å². The third-order valence-corrected chi connectivity index (χ3v) is 2.69. The molecule has 0 spiro atoms. The standard InChI is InChI=1S/C15H18N2O2/c1-9-12(16)8-10-6-5-7-11(13(10)17-9)14(18)19-15(2,3)4/h5-8H,16H2,1-4H3. The van der Waals surface area contributed by atoms with Crippen molar-refractivity contribution in [3.8, 4) is 0 Å². The lowest BCUT2D eigenvalue weighted by Gasteiger charge is -2.20. The van der Waals surface area contributed by atoms with Gasteiger partial charge in [0.15, 0.2) is 0 Å². The number of ether oxygens (including phenoxy) is 1. The number of nitrogen functional groups attached to an aromatic ring is 1. The number of aryl methyl sites for hydroxylation is 1. The Hall–Kier alpha value is -2.10. The summed E-state index contributed by atoms with van der Waals surface area (Å²) in [6.45, 7) is 7.34. The molecule has 2 N–H and O–H groups in total. The van der Waals surface area contributed by atoms with Crippen molar-refractivity contribution in [3.63, 3.8) is 0 Å². The van der Waals surface area contributed by atoms with Crippen molar-refractivity contribution in [3.05, 3.63) is 35.5 Å². The molecule has 4 heteroatoms. The van der Waals surface area contributed by atoms with Crippen LogP contribution in [0.25, 0.3) is 10.9 Å². The van der Waals surface area contributed by atoms with Gasteiger partial charge in [-0.1, -0.05) is 12.1 Å². The molecule has 0 radical (unpaired) electrons. The van der Waals surface area contributed by atoms with Crippen LogP contribution in [0.4, 0.5) is 5.69 Å². The van der Waals surface area contributed by atoms with Gasteiger partial charge in [-0.15, -0.1) is 0 Å². The molecule has 0 fully saturated rings. The predicted molar refractivity (Wildman–Crippen MR) is 76.1 cm³/mol. The largest absolute Gasteiger partial charge is 0.456 e. The molecular formula is C15H18N2O2. The first-order chi connectivity index (χ1) is 8.78. The summed E-state index contributed by atoms with van der Waals surface area (Å²) in [5.41, 5.74) is 7.74. The van der Waals surface area contributed by atoms with E-state index in [1.165, 1.54) is 0 Å². The van der Waals surface area contributed by atoms with Crippen LogP contribution < -0.4 is 5.73 Å².